The predicted molar refractivity (Wildman–Crippen MR) is 120 cm³/mol. The molecule has 1 amide bonds. The maximum atomic E-state index is 12.4. The van der Waals surface area contributed by atoms with Crippen molar-refractivity contribution in [2.45, 2.75) is 39.0 Å². The Morgan fingerprint density at radius 3 is 2.28 bits per heavy atom. The molecule has 0 radical (unpaired) electrons. The van der Waals surface area contributed by atoms with Crippen molar-refractivity contribution in [3.8, 4) is 22.9 Å². The Balaban J connectivity index is 1.36. The van der Waals surface area contributed by atoms with Gasteiger partial charge < -0.3 is 14.1 Å². The van der Waals surface area contributed by atoms with Gasteiger partial charge in [-0.2, -0.15) is 0 Å². The van der Waals surface area contributed by atoms with E-state index in [2.05, 4.69) is 10.2 Å². The fourth-order valence-corrected chi connectivity index (χ4v) is 3.81. The molecule has 0 spiro atoms. The number of carbonyl (C=O) groups is 2. The van der Waals surface area contributed by atoms with E-state index < -0.39 is 5.97 Å². The number of hydrogen-bond donors (Lipinski definition) is 0. The van der Waals surface area contributed by atoms with Crippen LogP contribution in [0.25, 0.3) is 22.9 Å². The summed E-state index contributed by atoms with van der Waals surface area (Å²) < 4.78 is 11.1. The first-order chi connectivity index (χ1) is 15.6. The van der Waals surface area contributed by atoms with Crippen molar-refractivity contribution in [3.05, 3.63) is 59.7 Å². The summed E-state index contributed by atoms with van der Waals surface area (Å²) >= 11 is 0. The molecule has 166 valence electrons. The van der Waals surface area contributed by atoms with Crippen molar-refractivity contribution in [3.63, 3.8) is 0 Å². The molecule has 2 aromatic carbocycles. The molecule has 1 aromatic heterocycles. The quantitative estimate of drug-likeness (QED) is 0.544. The summed E-state index contributed by atoms with van der Waals surface area (Å²) in [5.74, 6) is 0.161. The van der Waals surface area contributed by atoms with Crippen LogP contribution < -0.4 is 0 Å². The number of esters is 1. The first kappa shape index (κ1) is 21.7. The summed E-state index contributed by atoms with van der Waals surface area (Å²) in [5, 5.41) is 8.26. The topological polar surface area (TPSA) is 85.5 Å². The van der Waals surface area contributed by atoms with E-state index >= 15 is 0 Å². The summed E-state index contributed by atoms with van der Waals surface area (Å²) in [6, 6.07) is 14.5. The Labute approximate surface area is 187 Å². The molecule has 1 saturated heterocycles. The highest BCUT2D eigenvalue weighted by molar-refractivity contribution is 5.91. The van der Waals surface area contributed by atoms with Gasteiger partial charge in [0.25, 0.3) is 5.91 Å². The number of nitrogens with zero attached hydrogens (tertiary/aromatic N) is 3. The number of aryl methyl sites for hydroxylation is 1. The first-order valence-electron chi connectivity index (χ1n) is 11.1. The van der Waals surface area contributed by atoms with Crippen LogP contribution in [-0.2, 0) is 9.53 Å². The number of amides is 1. The van der Waals surface area contributed by atoms with Crippen molar-refractivity contribution in [2.24, 2.45) is 0 Å². The Bertz CT molecular complexity index is 1070. The second-order valence-corrected chi connectivity index (χ2v) is 8.03. The number of carbonyl (C=O) groups excluding carboxylic acids is 2. The normalized spacial score (nSPS) is 14.5. The molecular formula is C25H27N3O4. The molecule has 4 rings (SSSR count). The Morgan fingerprint density at radius 2 is 1.56 bits per heavy atom. The summed E-state index contributed by atoms with van der Waals surface area (Å²) in [4.78, 5) is 26.6. The van der Waals surface area contributed by atoms with Crippen LogP contribution >= 0.6 is 0 Å². The highest BCUT2D eigenvalue weighted by Crippen LogP contribution is 2.26. The molecule has 1 aliphatic heterocycles. The van der Waals surface area contributed by atoms with Crippen molar-refractivity contribution in [1.82, 2.24) is 15.1 Å². The highest BCUT2D eigenvalue weighted by Gasteiger charge is 2.18. The molecular weight excluding hydrogens is 406 g/mol. The van der Waals surface area contributed by atoms with Gasteiger partial charge in [0.1, 0.15) is 0 Å². The standard InChI is InChI=1S/C25H27N3O4/c1-18-9-5-6-10-21(18)24-27-26-23(32-24)19-11-13-20(14-12-19)25(30)31-17-22(29)28-15-7-3-2-4-8-16-28/h5-6,9-14H,2-4,7-8,15-17H2,1H3. The Kier molecular flexibility index (Phi) is 6.94. The second-order valence-electron chi connectivity index (χ2n) is 8.03. The minimum atomic E-state index is -0.525. The van der Waals surface area contributed by atoms with Gasteiger partial charge in [-0.3, -0.25) is 4.79 Å². The van der Waals surface area contributed by atoms with Crippen molar-refractivity contribution < 1.29 is 18.7 Å². The van der Waals surface area contributed by atoms with E-state index in [1.807, 2.05) is 31.2 Å². The van der Waals surface area contributed by atoms with Crippen LogP contribution in [0.3, 0.4) is 0 Å². The number of aromatic nitrogens is 2. The monoisotopic (exact) mass is 433 g/mol. The predicted octanol–water partition coefficient (Wildman–Crippen LogP) is 4.66. The van der Waals surface area contributed by atoms with Crippen LogP contribution in [0.15, 0.2) is 52.9 Å². The van der Waals surface area contributed by atoms with Gasteiger partial charge in [0, 0.05) is 24.2 Å². The molecule has 0 saturated carbocycles. The largest absolute Gasteiger partial charge is 0.452 e. The number of likely N-dealkylation sites (tertiary alicyclic amines) is 1. The van der Waals surface area contributed by atoms with E-state index in [1.165, 1.54) is 6.42 Å². The minimum Gasteiger partial charge on any atom is -0.452 e. The fraction of sp³-hybridized carbons (Fsp3) is 0.360. The lowest BCUT2D eigenvalue weighted by Gasteiger charge is -2.24. The third-order valence-electron chi connectivity index (χ3n) is 5.70. The van der Waals surface area contributed by atoms with E-state index in [0.717, 1.165) is 49.9 Å². The fourth-order valence-electron chi connectivity index (χ4n) is 3.81. The second kappa shape index (κ2) is 10.2. The van der Waals surface area contributed by atoms with Crippen LogP contribution in [0.4, 0.5) is 0 Å². The zero-order chi connectivity index (χ0) is 22.3. The van der Waals surface area contributed by atoms with Gasteiger partial charge in [0.2, 0.25) is 11.8 Å². The molecule has 7 heteroatoms. The maximum Gasteiger partial charge on any atom is 0.338 e. The molecule has 0 atom stereocenters. The maximum absolute atomic E-state index is 12.4. The first-order valence-corrected chi connectivity index (χ1v) is 11.1. The van der Waals surface area contributed by atoms with Crippen LogP contribution in [-0.4, -0.2) is 46.7 Å². The minimum absolute atomic E-state index is 0.133. The average molecular weight is 434 g/mol. The summed E-state index contributed by atoms with van der Waals surface area (Å²) in [6.45, 7) is 3.22. The molecule has 1 aliphatic rings. The molecule has 3 aromatic rings. The molecule has 0 unspecified atom stereocenters. The number of ether oxygens (including phenoxy) is 1. The summed E-state index contributed by atoms with van der Waals surface area (Å²) in [6.07, 6.45) is 5.51. The molecule has 32 heavy (non-hydrogen) atoms. The summed E-state index contributed by atoms with van der Waals surface area (Å²) in [7, 11) is 0. The van der Waals surface area contributed by atoms with E-state index in [4.69, 9.17) is 9.15 Å². The SMILES string of the molecule is Cc1ccccc1-c1nnc(-c2ccc(C(=O)OCC(=O)N3CCCCCCC3)cc2)o1. The van der Waals surface area contributed by atoms with E-state index in [0.29, 0.717) is 22.9 Å². The lowest BCUT2D eigenvalue weighted by Crippen LogP contribution is -2.36. The van der Waals surface area contributed by atoms with Gasteiger partial charge in [-0.25, -0.2) is 4.79 Å². The van der Waals surface area contributed by atoms with Crippen LogP contribution in [0.1, 0.15) is 48.0 Å². The van der Waals surface area contributed by atoms with Crippen LogP contribution in [0, 0.1) is 6.92 Å². The van der Waals surface area contributed by atoms with Crippen molar-refractivity contribution >= 4 is 11.9 Å². The molecule has 0 N–H and O–H groups in total. The van der Waals surface area contributed by atoms with Gasteiger partial charge in [-0.05, 0) is 55.7 Å². The molecule has 1 fully saturated rings. The van der Waals surface area contributed by atoms with Crippen molar-refractivity contribution in [2.75, 3.05) is 19.7 Å². The van der Waals surface area contributed by atoms with Gasteiger partial charge in [-0.15, -0.1) is 10.2 Å². The lowest BCUT2D eigenvalue weighted by molar-refractivity contribution is -0.134. The van der Waals surface area contributed by atoms with Gasteiger partial charge >= 0.3 is 5.97 Å². The molecule has 0 aliphatic carbocycles. The van der Waals surface area contributed by atoms with E-state index in [1.54, 1.807) is 29.2 Å². The number of rotatable bonds is 5. The van der Waals surface area contributed by atoms with Gasteiger partial charge in [-0.1, -0.05) is 37.5 Å². The van der Waals surface area contributed by atoms with Crippen LogP contribution in [0.5, 0.6) is 0 Å². The smallest absolute Gasteiger partial charge is 0.338 e. The Hall–Kier alpha value is -3.48. The third-order valence-corrected chi connectivity index (χ3v) is 5.70. The number of benzene rings is 2. The lowest BCUT2D eigenvalue weighted by atomic mass is 10.1. The van der Waals surface area contributed by atoms with E-state index in [9.17, 15) is 9.59 Å². The third kappa shape index (κ3) is 5.22. The number of hydrogen-bond acceptors (Lipinski definition) is 6. The summed E-state index contributed by atoms with van der Waals surface area (Å²) in [5.41, 5.74) is 3.00. The molecule has 0 bridgehead atoms. The van der Waals surface area contributed by atoms with Gasteiger partial charge in [0.05, 0.1) is 5.56 Å². The van der Waals surface area contributed by atoms with Crippen molar-refractivity contribution in [1.29, 1.82) is 0 Å². The average Bonchev–Trinajstić information content (AvgIpc) is 3.27. The zero-order valence-electron chi connectivity index (χ0n) is 18.3. The Morgan fingerprint density at radius 1 is 0.906 bits per heavy atom. The highest BCUT2D eigenvalue weighted by atomic mass is 16.5. The molecule has 7 nitrogen and oxygen atoms in total. The van der Waals surface area contributed by atoms with E-state index in [-0.39, 0.29) is 12.5 Å². The van der Waals surface area contributed by atoms with Gasteiger partial charge in [0.15, 0.2) is 6.61 Å². The zero-order valence-corrected chi connectivity index (χ0v) is 18.3. The molecule has 2 heterocycles. The van der Waals surface area contributed by atoms with Crippen LogP contribution in [0.2, 0.25) is 0 Å².